The lowest BCUT2D eigenvalue weighted by Crippen LogP contribution is -2.64. The van der Waals surface area contributed by atoms with E-state index in [9.17, 15) is 31.1 Å². The number of anilines is 2. The van der Waals surface area contributed by atoms with Crippen molar-refractivity contribution in [2.24, 2.45) is 54.1 Å². The molecular weight excluding hydrogens is 1200 g/mol. The van der Waals surface area contributed by atoms with Crippen molar-refractivity contribution in [1.29, 1.82) is 0 Å². The molecule has 1 aliphatic rings. The number of ketones is 1. The number of nitrogens with zero attached hydrogens (tertiary/aromatic N) is 1. The van der Waals surface area contributed by atoms with Crippen molar-refractivity contribution >= 4 is 17.2 Å². The maximum Gasteiger partial charge on any atom is 0.404 e. The standard InChI is InChI=1S/C21H26.C16H19N.C11H18F6.C9H18O.C6H6.3C5H12.5C2H6/c1-19(2,3)21(20(4,5)6)17-13-9-7-11-15(17)16-12-8-10-14-18(16)21;1-16(2,3)17(14-10-6-4-7-11-14)15-12-8-5-9-13-15;1-7(2,3)9(8(4,5)6,10(12,13)14)11(15,16)17;1-8(2,3)7(10)9(4,5)6;1-2-4-6-5-3-1;3*1-5(2,3)4;5*1-2/h7-14H,1-6H3;4-13H,1-3H3;1-6H3;1-6H3;1-6H;3*1-4H3;5*1-2H3. The van der Waals surface area contributed by atoms with E-state index in [1.54, 1.807) is 0 Å². The monoisotopic (exact) mass is 1350 g/mol. The number of hydrogen-bond donors (Lipinski definition) is 0. The highest BCUT2D eigenvalue weighted by Gasteiger charge is 2.79. The quantitative estimate of drug-likeness (QED) is 0.164. The molecule has 0 unspecified atom stereocenters. The molecule has 0 heterocycles. The minimum atomic E-state index is -5.36. The molecule has 0 amide bonds. The van der Waals surface area contributed by atoms with E-state index >= 15 is 0 Å². The van der Waals surface area contributed by atoms with E-state index in [1.165, 1.54) is 33.6 Å². The second-order valence-corrected chi connectivity index (χ2v) is 34.7. The van der Waals surface area contributed by atoms with Crippen LogP contribution in [0.5, 0.6) is 0 Å². The predicted molar refractivity (Wildman–Crippen MR) is 422 cm³/mol. The molecule has 96 heavy (non-hydrogen) atoms. The van der Waals surface area contributed by atoms with Gasteiger partial charge in [0.15, 0.2) is 5.41 Å². The van der Waals surface area contributed by atoms with Gasteiger partial charge < -0.3 is 4.90 Å². The Morgan fingerprint density at radius 3 is 0.604 bits per heavy atom. The van der Waals surface area contributed by atoms with Gasteiger partial charge in [-0.15, -0.1) is 0 Å². The van der Waals surface area contributed by atoms with Crippen LogP contribution in [0.4, 0.5) is 37.7 Å². The summed E-state index contributed by atoms with van der Waals surface area (Å²) in [4.78, 5) is 13.8. The Morgan fingerprint density at radius 1 is 0.292 bits per heavy atom. The van der Waals surface area contributed by atoms with Gasteiger partial charge in [0, 0.05) is 33.2 Å². The molecule has 8 heteroatoms. The van der Waals surface area contributed by atoms with Crippen LogP contribution in [0, 0.1) is 54.1 Å². The second kappa shape index (κ2) is 44.3. The molecule has 0 N–H and O–H groups in total. The van der Waals surface area contributed by atoms with E-state index in [4.69, 9.17) is 0 Å². The first-order valence-corrected chi connectivity index (χ1v) is 35.7. The molecule has 0 radical (unpaired) electrons. The molecule has 0 fully saturated rings. The Kier molecular flexibility index (Phi) is 48.3. The van der Waals surface area contributed by atoms with Crippen LogP contribution < -0.4 is 4.90 Å². The van der Waals surface area contributed by atoms with Gasteiger partial charge >= 0.3 is 12.4 Å². The number of para-hydroxylation sites is 2. The summed E-state index contributed by atoms with van der Waals surface area (Å²) in [6.45, 7) is 84.8. The van der Waals surface area contributed by atoms with Crippen molar-refractivity contribution in [3.05, 3.63) is 157 Å². The molecular formula is C88H153F6NO. The highest BCUT2D eigenvalue weighted by Crippen LogP contribution is 2.68. The van der Waals surface area contributed by atoms with Crippen LogP contribution >= 0.6 is 0 Å². The fourth-order valence-electron chi connectivity index (χ4n) is 11.6. The van der Waals surface area contributed by atoms with Gasteiger partial charge in [0.1, 0.15) is 5.78 Å². The van der Waals surface area contributed by atoms with Crippen molar-refractivity contribution in [1.82, 2.24) is 0 Å². The molecule has 0 saturated carbocycles. The zero-order chi connectivity index (χ0) is 78.6. The van der Waals surface area contributed by atoms with E-state index in [1.807, 2.05) is 147 Å². The number of carbonyl (C=O) groups excluding carboxylic acids is 1. The van der Waals surface area contributed by atoms with E-state index in [2.05, 4.69) is 259 Å². The molecule has 0 atom stereocenters. The molecule has 0 aliphatic heterocycles. The number of halogens is 6. The SMILES string of the molecule is CC.CC.CC.CC.CC.CC(C)(C)C.CC(C)(C)C.CC(C)(C)C.CC(C)(C)C(=O)C(C)(C)C.CC(C)(C)C(C(C)(C)C)(C(F)(F)F)C(F)(F)F.CC(C)(C)C1(C(C)(C)C)c2ccccc2-c2ccccc21.CC(C)(C)N(c1ccccc1)c1ccccc1.c1ccccc1. The van der Waals surface area contributed by atoms with Crippen LogP contribution in [-0.2, 0) is 10.2 Å². The van der Waals surface area contributed by atoms with E-state index < -0.39 is 28.6 Å². The van der Waals surface area contributed by atoms with Crippen LogP contribution in [0.3, 0.4) is 0 Å². The van der Waals surface area contributed by atoms with Gasteiger partial charge in [-0.25, -0.2) is 0 Å². The number of Topliss-reactive ketones (excluding diaryl/α,β-unsaturated/α-hetero) is 1. The molecule has 0 spiro atoms. The summed E-state index contributed by atoms with van der Waals surface area (Å²) in [6, 6.07) is 51.0. The summed E-state index contributed by atoms with van der Waals surface area (Å²) in [6.07, 6.45) is -10.7. The largest absolute Gasteiger partial charge is 0.404 e. The molecule has 558 valence electrons. The second-order valence-electron chi connectivity index (χ2n) is 34.7. The number of hydrogen-bond acceptors (Lipinski definition) is 2. The summed E-state index contributed by atoms with van der Waals surface area (Å²) in [5.74, 6) is 0.319. The highest BCUT2D eigenvalue weighted by molar-refractivity contribution is 5.88. The average Bonchev–Trinajstić information content (AvgIpc) is 1.36. The topological polar surface area (TPSA) is 20.3 Å². The molecule has 0 bridgehead atoms. The Morgan fingerprint density at radius 2 is 0.469 bits per heavy atom. The molecule has 5 aromatic rings. The minimum absolute atomic E-state index is 0.0349. The van der Waals surface area contributed by atoms with E-state index in [-0.39, 0.29) is 32.6 Å². The molecule has 2 nitrogen and oxygen atoms in total. The summed E-state index contributed by atoms with van der Waals surface area (Å²) < 4.78 is 78.9. The number of rotatable bonds is 2. The van der Waals surface area contributed by atoms with Crippen LogP contribution in [0.25, 0.3) is 11.1 Å². The molecule has 0 saturated heterocycles. The zero-order valence-electron chi connectivity index (χ0n) is 70.5. The number of alkyl halides is 6. The zero-order valence-corrected chi connectivity index (χ0v) is 70.5. The van der Waals surface area contributed by atoms with Gasteiger partial charge in [0.2, 0.25) is 0 Å². The minimum Gasteiger partial charge on any atom is -0.336 e. The lowest BCUT2D eigenvalue weighted by molar-refractivity contribution is -0.403. The Balaban J connectivity index is -0.000000195. The van der Waals surface area contributed by atoms with E-state index in [0.29, 0.717) is 22.0 Å². The summed E-state index contributed by atoms with van der Waals surface area (Å²) in [5.41, 5.74) is 2.04. The lowest BCUT2D eigenvalue weighted by Gasteiger charge is -2.54. The fourth-order valence-corrected chi connectivity index (χ4v) is 11.6. The number of carbonyl (C=O) groups is 1. The van der Waals surface area contributed by atoms with Crippen molar-refractivity contribution in [3.8, 4) is 11.1 Å². The Bertz CT molecular complexity index is 2430. The first-order valence-electron chi connectivity index (χ1n) is 35.7. The summed E-state index contributed by atoms with van der Waals surface area (Å²) >= 11 is 0. The van der Waals surface area contributed by atoms with E-state index in [0.717, 1.165) is 41.5 Å². The third-order valence-corrected chi connectivity index (χ3v) is 13.0. The Labute approximate surface area is 593 Å². The van der Waals surface area contributed by atoms with Crippen LogP contribution in [-0.4, -0.2) is 23.7 Å². The Hall–Kier alpha value is -4.85. The van der Waals surface area contributed by atoms with Crippen LogP contribution in [0.2, 0.25) is 0 Å². The lowest BCUT2D eigenvalue weighted by atomic mass is 9.50. The van der Waals surface area contributed by atoms with Crippen molar-refractivity contribution < 1.29 is 31.1 Å². The number of fused-ring (bicyclic) bond motifs is 3. The van der Waals surface area contributed by atoms with Gasteiger partial charge in [-0.1, -0.05) is 398 Å². The molecule has 1 aliphatic carbocycles. The molecule has 6 rings (SSSR count). The average molecular weight is 1360 g/mol. The first-order chi connectivity index (χ1) is 43.0. The van der Waals surface area contributed by atoms with Crippen LogP contribution in [0.15, 0.2) is 146 Å². The van der Waals surface area contributed by atoms with Gasteiger partial charge in [-0.2, -0.15) is 26.3 Å². The highest BCUT2D eigenvalue weighted by atomic mass is 19.4. The van der Waals surface area contributed by atoms with Gasteiger partial charge in [-0.3, -0.25) is 4.79 Å². The molecule has 0 aromatic heterocycles. The van der Waals surface area contributed by atoms with Gasteiger partial charge in [-0.05, 0) is 105 Å². The fraction of sp³-hybridized carbons (Fsp3) is 0.648. The van der Waals surface area contributed by atoms with Crippen molar-refractivity contribution in [2.45, 2.75) is 321 Å². The van der Waals surface area contributed by atoms with Crippen molar-refractivity contribution in [2.75, 3.05) is 4.90 Å². The van der Waals surface area contributed by atoms with Crippen molar-refractivity contribution in [3.63, 3.8) is 0 Å². The smallest absolute Gasteiger partial charge is 0.336 e. The number of benzene rings is 5. The van der Waals surface area contributed by atoms with Gasteiger partial charge in [0.05, 0.1) is 0 Å². The maximum atomic E-state index is 13.1. The van der Waals surface area contributed by atoms with Gasteiger partial charge in [0.25, 0.3) is 0 Å². The van der Waals surface area contributed by atoms with Crippen LogP contribution in [0.1, 0.15) is 309 Å². The first kappa shape index (κ1) is 105. The molecule has 5 aromatic carbocycles. The summed E-state index contributed by atoms with van der Waals surface area (Å²) in [5, 5.41) is 0. The maximum absolute atomic E-state index is 13.1. The third-order valence-electron chi connectivity index (χ3n) is 13.0. The normalized spacial score (nSPS) is 12.6. The predicted octanol–water partition coefficient (Wildman–Crippen LogP) is 31.5. The third kappa shape index (κ3) is 37.9. The summed E-state index contributed by atoms with van der Waals surface area (Å²) in [7, 11) is 0.